The molecule has 1 aliphatic rings. The van der Waals surface area contributed by atoms with E-state index in [0.717, 1.165) is 36.8 Å². The van der Waals surface area contributed by atoms with Gasteiger partial charge in [0, 0.05) is 30.6 Å². The number of nitrogens with one attached hydrogen (secondary N) is 1. The Kier molecular flexibility index (Phi) is 6.26. The zero-order valence-electron chi connectivity index (χ0n) is 18.3. The molecule has 0 radical (unpaired) electrons. The van der Waals surface area contributed by atoms with Gasteiger partial charge in [0.05, 0.1) is 10.9 Å². The largest absolute Gasteiger partial charge is 0.481 e. The van der Waals surface area contributed by atoms with Crippen LogP contribution in [0.15, 0.2) is 42.5 Å². The third-order valence-corrected chi connectivity index (χ3v) is 6.66. The minimum atomic E-state index is -0.752. The van der Waals surface area contributed by atoms with Crippen LogP contribution in [0.2, 0.25) is 0 Å². The molecule has 7 heteroatoms. The fourth-order valence-electron chi connectivity index (χ4n) is 4.80. The molecule has 0 spiro atoms. The summed E-state index contributed by atoms with van der Waals surface area (Å²) in [6.45, 7) is 2.00. The molecular formula is C25H28FN3O3. The van der Waals surface area contributed by atoms with Crippen LogP contribution in [0.3, 0.4) is 0 Å². The first kappa shape index (κ1) is 22.0. The highest BCUT2D eigenvalue weighted by molar-refractivity contribution is 5.97. The summed E-state index contributed by atoms with van der Waals surface area (Å²) in [6.07, 6.45) is 3.77. The van der Waals surface area contributed by atoms with Gasteiger partial charge in [-0.05, 0) is 61.8 Å². The van der Waals surface area contributed by atoms with Crippen LogP contribution >= 0.6 is 0 Å². The number of rotatable bonds is 6. The van der Waals surface area contributed by atoms with E-state index in [2.05, 4.69) is 10.4 Å². The Balaban J connectivity index is 1.40. The number of benzene rings is 2. The standard InChI is InChI=1S/C25H28FN3O3/c1-15(14-22(30)31)16-10-12-19(13-11-16)27-25(32)18-8-6-17(7-9-18)24-23-20(26)4-3-5-21(23)29(2)28-24/h3-9,15-16,19H,10-14H2,1-2H3,(H,27,32)(H,30,31)/t15-,16-,19-/m0/s1. The maximum absolute atomic E-state index is 14.4. The molecule has 0 unspecified atom stereocenters. The average molecular weight is 438 g/mol. The van der Waals surface area contributed by atoms with Crippen LogP contribution in [0.1, 0.15) is 49.4 Å². The van der Waals surface area contributed by atoms with Crippen molar-refractivity contribution in [1.82, 2.24) is 15.1 Å². The Bertz CT molecular complexity index is 1130. The molecule has 1 fully saturated rings. The molecule has 1 aliphatic carbocycles. The molecule has 0 bridgehead atoms. The topological polar surface area (TPSA) is 84.2 Å². The van der Waals surface area contributed by atoms with Gasteiger partial charge in [-0.25, -0.2) is 4.39 Å². The van der Waals surface area contributed by atoms with E-state index in [-0.39, 0.29) is 30.1 Å². The van der Waals surface area contributed by atoms with Gasteiger partial charge in [0.25, 0.3) is 5.91 Å². The lowest BCUT2D eigenvalue weighted by atomic mass is 9.77. The lowest BCUT2D eigenvalue weighted by Gasteiger charge is -2.32. The van der Waals surface area contributed by atoms with E-state index in [1.54, 1.807) is 42.1 Å². The van der Waals surface area contributed by atoms with Crippen molar-refractivity contribution < 1.29 is 19.1 Å². The highest BCUT2D eigenvalue weighted by Crippen LogP contribution is 2.32. The summed E-state index contributed by atoms with van der Waals surface area (Å²) in [5.74, 6) is -0.648. The Morgan fingerprint density at radius 2 is 1.84 bits per heavy atom. The molecule has 1 aromatic heterocycles. The van der Waals surface area contributed by atoms with Crippen LogP contribution in [-0.4, -0.2) is 32.8 Å². The molecular weight excluding hydrogens is 409 g/mol. The summed E-state index contributed by atoms with van der Waals surface area (Å²) >= 11 is 0. The van der Waals surface area contributed by atoms with E-state index in [4.69, 9.17) is 5.11 Å². The number of aryl methyl sites for hydroxylation is 1. The number of carbonyl (C=O) groups excluding carboxylic acids is 1. The Morgan fingerprint density at radius 1 is 1.16 bits per heavy atom. The monoisotopic (exact) mass is 437 g/mol. The number of hydrogen-bond donors (Lipinski definition) is 2. The van der Waals surface area contributed by atoms with E-state index in [1.807, 2.05) is 13.0 Å². The summed E-state index contributed by atoms with van der Waals surface area (Å²) in [5.41, 5.74) is 2.58. The molecule has 1 amide bonds. The molecule has 2 aromatic carbocycles. The van der Waals surface area contributed by atoms with Gasteiger partial charge in [-0.15, -0.1) is 0 Å². The summed E-state index contributed by atoms with van der Waals surface area (Å²) in [4.78, 5) is 23.7. The van der Waals surface area contributed by atoms with E-state index >= 15 is 0 Å². The molecule has 1 atom stereocenters. The molecule has 1 heterocycles. The number of amides is 1. The van der Waals surface area contributed by atoms with E-state index in [9.17, 15) is 14.0 Å². The molecule has 0 saturated heterocycles. The Hall–Kier alpha value is -3.22. The van der Waals surface area contributed by atoms with Gasteiger partial charge in [-0.1, -0.05) is 25.1 Å². The van der Waals surface area contributed by atoms with Crippen molar-refractivity contribution >= 4 is 22.8 Å². The quantitative estimate of drug-likeness (QED) is 0.581. The lowest BCUT2D eigenvalue weighted by molar-refractivity contribution is -0.138. The molecule has 3 aromatic rings. The van der Waals surface area contributed by atoms with Crippen LogP contribution in [0.4, 0.5) is 4.39 Å². The summed E-state index contributed by atoms with van der Waals surface area (Å²) < 4.78 is 16.1. The van der Waals surface area contributed by atoms with Gasteiger partial charge in [0.15, 0.2) is 0 Å². The van der Waals surface area contributed by atoms with Crippen LogP contribution in [0, 0.1) is 17.7 Å². The maximum atomic E-state index is 14.4. The van der Waals surface area contributed by atoms with E-state index in [0.29, 0.717) is 22.6 Å². The van der Waals surface area contributed by atoms with Gasteiger partial charge in [0.1, 0.15) is 11.5 Å². The van der Waals surface area contributed by atoms with Crippen LogP contribution in [-0.2, 0) is 11.8 Å². The normalized spacial score (nSPS) is 19.6. The van der Waals surface area contributed by atoms with Gasteiger partial charge in [0.2, 0.25) is 0 Å². The van der Waals surface area contributed by atoms with Crippen molar-refractivity contribution in [3.8, 4) is 11.3 Å². The molecule has 0 aliphatic heterocycles. The molecule has 4 rings (SSSR count). The second-order valence-corrected chi connectivity index (χ2v) is 8.84. The van der Waals surface area contributed by atoms with Crippen LogP contribution in [0.5, 0.6) is 0 Å². The third kappa shape index (κ3) is 4.52. The third-order valence-electron chi connectivity index (χ3n) is 6.66. The number of halogens is 1. The molecule has 6 nitrogen and oxygen atoms in total. The van der Waals surface area contributed by atoms with Crippen molar-refractivity contribution in [2.45, 2.75) is 45.1 Å². The second-order valence-electron chi connectivity index (χ2n) is 8.84. The van der Waals surface area contributed by atoms with Crippen molar-refractivity contribution in [3.05, 3.63) is 53.8 Å². The summed E-state index contributed by atoms with van der Waals surface area (Å²) in [7, 11) is 1.78. The van der Waals surface area contributed by atoms with Crippen LogP contribution in [0.25, 0.3) is 22.2 Å². The fourth-order valence-corrected chi connectivity index (χ4v) is 4.80. The predicted octanol–water partition coefficient (Wildman–Crippen LogP) is 4.78. The Morgan fingerprint density at radius 3 is 2.50 bits per heavy atom. The van der Waals surface area contributed by atoms with Crippen LogP contribution < -0.4 is 5.32 Å². The number of fused-ring (bicyclic) bond motifs is 1. The van der Waals surface area contributed by atoms with E-state index in [1.165, 1.54) is 6.07 Å². The lowest BCUT2D eigenvalue weighted by Crippen LogP contribution is -2.38. The van der Waals surface area contributed by atoms with Gasteiger partial charge in [-0.3, -0.25) is 14.3 Å². The first-order chi connectivity index (χ1) is 15.3. The summed E-state index contributed by atoms with van der Waals surface area (Å²) in [5, 5.41) is 17.0. The first-order valence-electron chi connectivity index (χ1n) is 11.1. The number of nitrogens with zero attached hydrogens (tertiary/aromatic N) is 2. The first-order valence-corrected chi connectivity index (χ1v) is 11.1. The smallest absolute Gasteiger partial charge is 0.303 e. The number of hydrogen-bond acceptors (Lipinski definition) is 3. The average Bonchev–Trinajstić information content (AvgIpc) is 3.12. The van der Waals surface area contributed by atoms with Crippen molar-refractivity contribution in [1.29, 1.82) is 0 Å². The Labute approximate surface area is 186 Å². The van der Waals surface area contributed by atoms with Crippen molar-refractivity contribution in [2.24, 2.45) is 18.9 Å². The minimum Gasteiger partial charge on any atom is -0.481 e. The van der Waals surface area contributed by atoms with Crippen molar-refractivity contribution in [3.63, 3.8) is 0 Å². The number of aromatic nitrogens is 2. The number of carboxylic acid groups (broad SMARTS) is 1. The van der Waals surface area contributed by atoms with Gasteiger partial charge < -0.3 is 10.4 Å². The summed E-state index contributed by atoms with van der Waals surface area (Å²) in [6, 6.07) is 12.1. The molecule has 2 N–H and O–H groups in total. The van der Waals surface area contributed by atoms with Crippen molar-refractivity contribution in [2.75, 3.05) is 0 Å². The molecule has 1 saturated carbocycles. The second kappa shape index (κ2) is 9.10. The fraction of sp³-hybridized carbons (Fsp3) is 0.400. The zero-order valence-corrected chi connectivity index (χ0v) is 18.3. The molecule has 168 valence electrons. The number of carboxylic acids is 1. The number of aliphatic carboxylic acids is 1. The highest BCUT2D eigenvalue weighted by atomic mass is 19.1. The zero-order chi connectivity index (χ0) is 22.8. The SMILES string of the molecule is C[C@@H](CC(=O)O)[C@H]1CC[C@H](NC(=O)c2ccc(-c3nn(C)c4cccc(F)c34)cc2)CC1. The molecule has 32 heavy (non-hydrogen) atoms. The maximum Gasteiger partial charge on any atom is 0.303 e. The highest BCUT2D eigenvalue weighted by Gasteiger charge is 2.27. The van der Waals surface area contributed by atoms with Gasteiger partial charge >= 0.3 is 5.97 Å². The van der Waals surface area contributed by atoms with Gasteiger partial charge in [-0.2, -0.15) is 5.10 Å². The predicted molar refractivity (Wildman–Crippen MR) is 121 cm³/mol. The number of carbonyl (C=O) groups is 2. The minimum absolute atomic E-state index is 0.101. The van der Waals surface area contributed by atoms with E-state index < -0.39 is 5.97 Å².